The van der Waals surface area contributed by atoms with Crippen LogP contribution in [0.2, 0.25) is 0 Å². The summed E-state index contributed by atoms with van der Waals surface area (Å²) < 4.78 is 1.68. The molecule has 0 saturated carbocycles. The number of aromatic nitrogens is 3. The molecule has 1 aromatic heterocycles. The van der Waals surface area contributed by atoms with Crippen LogP contribution in [0.15, 0.2) is 30.9 Å². The Morgan fingerprint density at radius 3 is 2.35 bits per heavy atom. The summed E-state index contributed by atoms with van der Waals surface area (Å²) in [6, 6.07) is 5.07. The first kappa shape index (κ1) is 9.71. The van der Waals surface area contributed by atoms with E-state index in [2.05, 4.69) is 10.2 Å². The smallest absolute Gasteiger partial charge is 0.261 e. The van der Waals surface area contributed by atoms with Crippen LogP contribution in [0.1, 0.15) is 20.7 Å². The maximum Gasteiger partial charge on any atom is 0.261 e. The van der Waals surface area contributed by atoms with Crippen molar-refractivity contribution < 1.29 is 9.59 Å². The van der Waals surface area contributed by atoms with E-state index >= 15 is 0 Å². The molecule has 0 atom stereocenters. The number of benzene rings is 1. The molecule has 0 spiro atoms. The van der Waals surface area contributed by atoms with Gasteiger partial charge in [0, 0.05) is 12.7 Å². The van der Waals surface area contributed by atoms with Gasteiger partial charge >= 0.3 is 0 Å². The molecule has 2 heterocycles. The van der Waals surface area contributed by atoms with E-state index in [1.54, 1.807) is 22.8 Å². The van der Waals surface area contributed by atoms with E-state index in [0.29, 0.717) is 11.1 Å². The van der Waals surface area contributed by atoms with Gasteiger partial charge in [-0.15, -0.1) is 10.2 Å². The van der Waals surface area contributed by atoms with Gasteiger partial charge in [-0.3, -0.25) is 19.1 Å². The Bertz CT molecular complexity index is 618. The Morgan fingerprint density at radius 2 is 1.65 bits per heavy atom. The third-order valence-electron chi connectivity index (χ3n) is 2.79. The van der Waals surface area contributed by atoms with Gasteiger partial charge in [-0.25, -0.2) is 0 Å². The first-order valence-corrected chi connectivity index (χ1v) is 5.00. The Balaban J connectivity index is 2.16. The van der Waals surface area contributed by atoms with Gasteiger partial charge in [0.25, 0.3) is 11.8 Å². The van der Waals surface area contributed by atoms with Crippen LogP contribution in [0.25, 0.3) is 5.69 Å². The number of amides is 2. The standard InChI is InChI=1S/C11H8N4O2/c1-14-10(16)8-3-2-7(4-9(8)11(14)17)15-5-12-13-6-15/h2-6H,1H3. The highest BCUT2D eigenvalue weighted by atomic mass is 16.2. The van der Waals surface area contributed by atoms with Crippen LogP contribution < -0.4 is 0 Å². The molecular weight excluding hydrogens is 220 g/mol. The van der Waals surface area contributed by atoms with Crippen molar-refractivity contribution in [3.63, 3.8) is 0 Å². The first-order valence-electron chi connectivity index (χ1n) is 5.00. The Kier molecular flexibility index (Phi) is 1.85. The second-order valence-electron chi connectivity index (χ2n) is 3.77. The Morgan fingerprint density at radius 1 is 1.00 bits per heavy atom. The monoisotopic (exact) mass is 228 g/mol. The molecule has 0 unspecified atom stereocenters. The highest BCUT2D eigenvalue weighted by Crippen LogP contribution is 2.23. The highest BCUT2D eigenvalue weighted by molar-refractivity contribution is 6.21. The minimum absolute atomic E-state index is 0.264. The summed E-state index contributed by atoms with van der Waals surface area (Å²) in [6.07, 6.45) is 3.07. The second kappa shape index (κ2) is 3.24. The van der Waals surface area contributed by atoms with E-state index in [9.17, 15) is 9.59 Å². The van der Waals surface area contributed by atoms with Gasteiger partial charge in [-0.05, 0) is 18.2 Å². The molecule has 0 aliphatic carbocycles. The van der Waals surface area contributed by atoms with E-state index in [4.69, 9.17) is 0 Å². The number of hydrogen-bond donors (Lipinski definition) is 0. The van der Waals surface area contributed by atoms with Crippen molar-refractivity contribution >= 4 is 11.8 Å². The Hall–Kier alpha value is -2.50. The molecule has 0 N–H and O–H groups in total. The normalized spacial score (nSPS) is 14.3. The topological polar surface area (TPSA) is 68.1 Å². The summed E-state index contributed by atoms with van der Waals surface area (Å²) in [7, 11) is 1.48. The van der Waals surface area contributed by atoms with E-state index < -0.39 is 0 Å². The summed E-state index contributed by atoms with van der Waals surface area (Å²) >= 11 is 0. The predicted molar refractivity (Wildman–Crippen MR) is 57.8 cm³/mol. The first-order chi connectivity index (χ1) is 8.18. The van der Waals surface area contributed by atoms with Crippen LogP contribution in [0.3, 0.4) is 0 Å². The van der Waals surface area contributed by atoms with Crippen molar-refractivity contribution in [1.29, 1.82) is 0 Å². The SMILES string of the molecule is CN1C(=O)c2ccc(-n3cnnc3)cc2C1=O. The zero-order valence-electron chi connectivity index (χ0n) is 8.99. The summed E-state index contributed by atoms with van der Waals surface area (Å²) in [4.78, 5) is 24.6. The van der Waals surface area contributed by atoms with Gasteiger partial charge in [0.05, 0.1) is 11.1 Å². The minimum atomic E-state index is -0.278. The predicted octanol–water partition coefficient (Wildman–Crippen LogP) is 0.493. The molecule has 1 aromatic carbocycles. The second-order valence-corrected chi connectivity index (χ2v) is 3.77. The molecule has 2 amide bonds. The molecule has 3 rings (SSSR count). The minimum Gasteiger partial charge on any atom is -0.288 e. The Labute approximate surface area is 96.5 Å². The lowest BCUT2D eigenvalue weighted by atomic mass is 10.1. The summed E-state index contributed by atoms with van der Waals surface area (Å²) in [5.74, 6) is -0.541. The molecule has 84 valence electrons. The third kappa shape index (κ3) is 1.27. The van der Waals surface area contributed by atoms with Gasteiger partial charge < -0.3 is 0 Å². The highest BCUT2D eigenvalue weighted by Gasteiger charge is 2.32. The molecule has 0 fully saturated rings. The van der Waals surface area contributed by atoms with Gasteiger partial charge in [0.1, 0.15) is 12.7 Å². The van der Waals surface area contributed by atoms with Crippen molar-refractivity contribution in [1.82, 2.24) is 19.7 Å². The molecule has 0 radical (unpaired) electrons. The zero-order valence-corrected chi connectivity index (χ0v) is 8.99. The number of nitrogens with zero attached hydrogens (tertiary/aromatic N) is 4. The van der Waals surface area contributed by atoms with E-state index in [1.807, 2.05) is 0 Å². The lowest BCUT2D eigenvalue weighted by Gasteiger charge is -2.03. The maximum atomic E-state index is 11.8. The lowest BCUT2D eigenvalue weighted by Crippen LogP contribution is -2.24. The van der Waals surface area contributed by atoms with Crippen LogP contribution in [-0.4, -0.2) is 38.5 Å². The number of rotatable bonds is 1. The van der Waals surface area contributed by atoms with Crippen molar-refractivity contribution in [3.05, 3.63) is 42.0 Å². The fraction of sp³-hybridized carbons (Fsp3) is 0.0909. The van der Waals surface area contributed by atoms with Crippen molar-refractivity contribution in [2.75, 3.05) is 7.05 Å². The number of fused-ring (bicyclic) bond motifs is 1. The van der Waals surface area contributed by atoms with Gasteiger partial charge in [0.15, 0.2) is 0 Å². The van der Waals surface area contributed by atoms with Gasteiger partial charge in [-0.2, -0.15) is 0 Å². The fourth-order valence-corrected chi connectivity index (χ4v) is 1.84. The van der Waals surface area contributed by atoms with E-state index in [0.717, 1.165) is 10.6 Å². The summed E-state index contributed by atoms with van der Waals surface area (Å²) in [6.45, 7) is 0. The van der Waals surface area contributed by atoms with E-state index in [-0.39, 0.29) is 11.8 Å². The molecule has 6 heteroatoms. The van der Waals surface area contributed by atoms with Gasteiger partial charge in [-0.1, -0.05) is 0 Å². The molecule has 1 aliphatic heterocycles. The number of imide groups is 1. The van der Waals surface area contributed by atoms with E-state index in [1.165, 1.54) is 19.7 Å². The summed E-state index contributed by atoms with van der Waals surface area (Å²) in [5, 5.41) is 7.38. The zero-order chi connectivity index (χ0) is 12.0. The van der Waals surface area contributed by atoms with Crippen LogP contribution in [0, 0.1) is 0 Å². The van der Waals surface area contributed by atoms with Crippen LogP contribution in [-0.2, 0) is 0 Å². The fourth-order valence-electron chi connectivity index (χ4n) is 1.84. The van der Waals surface area contributed by atoms with Gasteiger partial charge in [0.2, 0.25) is 0 Å². The summed E-state index contributed by atoms with van der Waals surface area (Å²) in [5.41, 5.74) is 1.61. The lowest BCUT2D eigenvalue weighted by molar-refractivity contribution is 0.0693. The molecule has 0 saturated heterocycles. The van der Waals surface area contributed by atoms with Crippen LogP contribution in [0.5, 0.6) is 0 Å². The number of hydrogen-bond acceptors (Lipinski definition) is 4. The average molecular weight is 228 g/mol. The average Bonchev–Trinajstić information content (AvgIpc) is 2.94. The molecule has 1 aliphatic rings. The molecular formula is C11H8N4O2. The largest absolute Gasteiger partial charge is 0.288 e. The maximum absolute atomic E-state index is 11.8. The van der Waals surface area contributed by atoms with Crippen molar-refractivity contribution in [3.8, 4) is 5.69 Å². The number of carbonyl (C=O) groups is 2. The quantitative estimate of drug-likeness (QED) is 0.666. The molecule has 17 heavy (non-hydrogen) atoms. The van der Waals surface area contributed by atoms with Crippen molar-refractivity contribution in [2.24, 2.45) is 0 Å². The molecule has 0 bridgehead atoms. The number of carbonyl (C=O) groups excluding carboxylic acids is 2. The molecule has 6 nitrogen and oxygen atoms in total. The van der Waals surface area contributed by atoms with Crippen molar-refractivity contribution in [2.45, 2.75) is 0 Å². The van der Waals surface area contributed by atoms with Crippen LogP contribution in [0.4, 0.5) is 0 Å². The third-order valence-corrected chi connectivity index (χ3v) is 2.79. The molecule has 2 aromatic rings. The van der Waals surface area contributed by atoms with Crippen LogP contribution >= 0.6 is 0 Å².